The number of carboxylic acid groups (broad SMARTS) is 1. The molecule has 65 heavy (non-hydrogen) atoms. The highest BCUT2D eigenvalue weighted by molar-refractivity contribution is 5.75. The molecular formula is C36H58N2O27. The summed E-state index contributed by atoms with van der Waals surface area (Å²) in [5, 5.41) is 144. The monoisotopic (exact) mass is 950 g/mol. The van der Waals surface area contributed by atoms with E-state index in [1.54, 1.807) is 0 Å². The molecule has 5 aliphatic heterocycles. The first-order valence-corrected chi connectivity index (χ1v) is 20.3. The molecule has 374 valence electrons. The Labute approximate surface area is 368 Å². The normalized spacial score (nSPS) is 47.0. The summed E-state index contributed by atoms with van der Waals surface area (Å²) in [6, 6.07) is -3.42. The Morgan fingerprint density at radius 3 is 1.49 bits per heavy atom. The van der Waals surface area contributed by atoms with Crippen LogP contribution in [0.4, 0.5) is 0 Å². The Morgan fingerprint density at radius 1 is 0.477 bits per heavy atom. The fourth-order valence-corrected chi connectivity index (χ4v) is 8.06. The highest BCUT2D eigenvalue weighted by atomic mass is 16.8. The molecule has 5 heterocycles. The lowest BCUT2D eigenvalue weighted by Gasteiger charge is -2.52. The Morgan fingerprint density at radius 2 is 0.938 bits per heavy atom. The van der Waals surface area contributed by atoms with Crippen LogP contribution in [0.15, 0.2) is 0 Å². The third kappa shape index (κ3) is 11.7. The van der Waals surface area contributed by atoms with Crippen LogP contribution in [-0.2, 0) is 66.5 Å². The van der Waals surface area contributed by atoms with Crippen LogP contribution in [0.1, 0.15) is 27.7 Å². The molecule has 5 saturated heterocycles. The molecule has 0 radical (unpaired) electrons. The molecule has 0 saturated carbocycles. The van der Waals surface area contributed by atoms with Crippen molar-refractivity contribution in [1.82, 2.24) is 10.6 Å². The molecule has 25 atom stereocenters. The number of carbonyl (C=O) groups is 4. The van der Waals surface area contributed by atoms with Crippen LogP contribution < -0.4 is 10.6 Å². The van der Waals surface area contributed by atoms with E-state index in [2.05, 4.69) is 10.6 Å². The number of hydrogen-bond acceptors (Lipinski definition) is 26. The molecule has 29 nitrogen and oxygen atoms in total. The molecule has 5 rings (SSSR count). The fraction of sp³-hybridized carbons (Fsp3) is 0.889. The van der Waals surface area contributed by atoms with Crippen molar-refractivity contribution in [2.75, 3.05) is 19.8 Å². The van der Waals surface area contributed by atoms with Crippen molar-refractivity contribution >= 4 is 23.8 Å². The van der Waals surface area contributed by atoms with Gasteiger partial charge in [-0.1, -0.05) is 0 Å². The first-order chi connectivity index (χ1) is 30.5. The van der Waals surface area contributed by atoms with E-state index in [-0.39, 0.29) is 0 Å². The molecule has 2 amide bonds. The van der Waals surface area contributed by atoms with Gasteiger partial charge in [-0.15, -0.1) is 0 Å². The third-order valence-corrected chi connectivity index (χ3v) is 11.3. The molecule has 0 aliphatic carbocycles. The summed E-state index contributed by atoms with van der Waals surface area (Å²) < 4.78 is 57.6. The molecule has 29 heteroatoms. The van der Waals surface area contributed by atoms with Gasteiger partial charge in [0.05, 0.1) is 25.9 Å². The predicted molar refractivity (Wildman–Crippen MR) is 198 cm³/mol. The van der Waals surface area contributed by atoms with Crippen molar-refractivity contribution in [3.05, 3.63) is 0 Å². The molecule has 5 fully saturated rings. The van der Waals surface area contributed by atoms with Crippen molar-refractivity contribution in [3.63, 3.8) is 0 Å². The third-order valence-electron chi connectivity index (χ3n) is 11.3. The first kappa shape index (κ1) is 53.0. The lowest BCUT2D eigenvalue weighted by molar-refractivity contribution is -0.401. The molecular weight excluding hydrogens is 892 g/mol. The average Bonchev–Trinajstić information content (AvgIpc) is 3.24. The van der Waals surface area contributed by atoms with Crippen LogP contribution in [0.2, 0.25) is 0 Å². The maximum absolute atomic E-state index is 12.6. The highest BCUT2D eigenvalue weighted by Gasteiger charge is 2.59. The van der Waals surface area contributed by atoms with Crippen LogP contribution >= 0.6 is 0 Å². The smallest absolute Gasteiger partial charge is 0.336 e. The van der Waals surface area contributed by atoms with Crippen molar-refractivity contribution in [2.24, 2.45) is 0 Å². The topological polar surface area (TPSA) is 448 Å². The van der Waals surface area contributed by atoms with E-state index in [1.165, 1.54) is 6.92 Å². The second kappa shape index (κ2) is 22.4. The van der Waals surface area contributed by atoms with Gasteiger partial charge in [-0.2, -0.15) is 0 Å². The summed E-state index contributed by atoms with van der Waals surface area (Å²) in [5.74, 6) is -4.56. The maximum atomic E-state index is 12.6. The summed E-state index contributed by atoms with van der Waals surface area (Å²) in [6.07, 6.45) is -45.1. The van der Waals surface area contributed by atoms with Gasteiger partial charge in [0, 0.05) is 20.8 Å². The van der Waals surface area contributed by atoms with E-state index in [1.807, 2.05) is 0 Å². The molecule has 5 aliphatic rings. The Kier molecular flexibility index (Phi) is 18.3. The lowest BCUT2D eigenvalue weighted by Crippen LogP contribution is -2.71. The number of aliphatic hydroxyl groups is 12. The Balaban J connectivity index is 1.62. The van der Waals surface area contributed by atoms with E-state index in [4.69, 9.17) is 47.4 Å². The molecule has 0 aromatic heterocycles. The minimum absolute atomic E-state index is 0.813. The fourth-order valence-electron chi connectivity index (χ4n) is 8.06. The van der Waals surface area contributed by atoms with E-state index in [9.17, 15) is 85.6 Å². The number of carbonyl (C=O) groups excluding carboxylic acids is 3. The number of nitrogens with one attached hydrogen (secondary N) is 2. The minimum Gasteiger partial charge on any atom is -0.479 e. The largest absolute Gasteiger partial charge is 0.479 e. The van der Waals surface area contributed by atoms with Crippen LogP contribution in [0.5, 0.6) is 0 Å². The van der Waals surface area contributed by atoms with Gasteiger partial charge in [0.25, 0.3) is 0 Å². The van der Waals surface area contributed by atoms with Gasteiger partial charge in [-0.3, -0.25) is 14.4 Å². The molecule has 0 aromatic rings. The minimum atomic E-state index is -2.33. The van der Waals surface area contributed by atoms with Gasteiger partial charge >= 0.3 is 11.9 Å². The molecule has 1 unspecified atom stereocenters. The lowest BCUT2D eigenvalue weighted by atomic mass is 9.94. The highest BCUT2D eigenvalue weighted by Crippen LogP contribution is 2.38. The van der Waals surface area contributed by atoms with E-state index >= 15 is 0 Å². The zero-order chi connectivity index (χ0) is 48.3. The van der Waals surface area contributed by atoms with Crippen LogP contribution in [0, 0.1) is 0 Å². The zero-order valence-electron chi connectivity index (χ0n) is 35.1. The molecule has 0 bridgehead atoms. The summed E-state index contributed by atoms with van der Waals surface area (Å²) >= 11 is 0. The average molecular weight is 951 g/mol. The summed E-state index contributed by atoms with van der Waals surface area (Å²) in [4.78, 5) is 49.1. The van der Waals surface area contributed by atoms with Crippen molar-refractivity contribution < 1.29 is 133 Å². The molecule has 0 spiro atoms. The van der Waals surface area contributed by atoms with Gasteiger partial charge in [0.15, 0.2) is 43.7 Å². The SMILES string of the molecule is CC(=O)N[C@H]1[C@@H](O[C@H]2[C@@H](O)[C@@H](CO)O[C@H](O[C@@H]3[C@H](O[C@@H]4O[C@H](CO)[C@@H](O)[C@H](O)[C@H]4O)[C@H](C)OC(O)[C@H]3NC(C)=O)[C@@H]2O[C@H]2O[C@H](C(=O)O)[C@H](OC(C)=O)[C@H](O)[C@H]2O)O[C@H](CO)[C@@H](O)[C@@H]1O. The van der Waals surface area contributed by atoms with E-state index in [0.717, 1.165) is 20.8 Å². The van der Waals surface area contributed by atoms with E-state index in [0.29, 0.717) is 0 Å². The molecule has 15 N–H and O–H groups in total. The van der Waals surface area contributed by atoms with Crippen molar-refractivity contribution in [1.29, 1.82) is 0 Å². The van der Waals surface area contributed by atoms with Gasteiger partial charge in [-0.05, 0) is 6.92 Å². The Hall–Kier alpha value is -2.96. The van der Waals surface area contributed by atoms with Crippen molar-refractivity contribution in [2.45, 2.75) is 181 Å². The second-order valence-electron chi connectivity index (χ2n) is 16.0. The number of ether oxygens (including phenoxy) is 10. The molecule has 0 aromatic carbocycles. The Bertz CT molecular complexity index is 1610. The predicted octanol–water partition coefficient (Wildman–Crippen LogP) is -9.95. The van der Waals surface area contributed by atoms with E-state index < -0.39 is 197 Å². The number of carboxylic acids is 1. The second-order valence-corrected chi connectivity index (χ2v) is 16.0. The van der Waals surface area contributed by atoms with Gasteiger partial charge < -0.3 is 124 Å². The summed E-state index contributed by atoms with van der Waals surface area (Å²) in [6.45, 7) is 1.31. The van der Waals surface area contributed by atoms with Gasteiger partial charge in [0.2, 0.25) is 11.8 Å². The van der Waals surface area contributed by atoms with Gasteiger partial charge in [-0.25, -0.2) is 4.79 Å². The van der Waals surface area contributed by atoms with Crippen LogP contribution in [-0.4, -0.2) is 263 Å². The maximum Gasteiger partial charge on any atom is 0.336 e. The standard InChI is InChI=1S/C36H58N2O27/c1-8-25(61-34-23(51)21(49)18(46)13(6-40)59-34)26(16(32(55)56-8)38-10(3)43)62-36-30(65-35-24(52)22(50)28(57-11(4)44)29(64-35)31(53)54)27(19(47)14(7-41)60-36)63-33-15(37-9(2)42)20(48)17(45)12(5-39)58-33/h8,12-30,32-36,39-41,45-52,55H,5-7H2,1-4H3,(H,37,42)(H,38,43)(H,53,54)/t8-,12+,13+,14+,15+,16-,17+,18+,19-,20+,21-,22+,23+,24+,25+,26-,27-,28+,29-,30+,32?,33+,34-,35+,36+/m0/s1. The summed E-state index contributed by atoms with van der Waals surface area (Å²) in [5.41, 5.74) is 0. The number of aliphatic carboxylic acids is 1. The number of aliphatic hydroxyl groups excluding tert-OH is 12. The van der Waals surface area contributed by atoms with Crippen LogP contribution in [0.25, 0.3) is 0 Å². The number of hydrogen-bond donors (Lipinski definition) is 15. The van der Waals surface area contributed by atoms with Crippen LogP contribution in [0.3, 0.4) is 0 Å². The number of esters is 1. The number of amides is 2. The summed E-state index contributed by atoms with van der Waals surface area (Å²) in [7, 11) is 0. The number of rotatable bonds is 15. The van der Waals surface area contributed by atoms with Gasteiger partial charge in [0.1, 0.15) is 104 Å². The first-order valence-electron chi connectivity index (χ1n) is 20.3. The quantitative estimate of drug-likeness (QED) is 0.0678. The zero-order valence-corrected chi connectivity index (χ0v) is 35.1. The van der Waals surface area contributed by atoms with Crippen molar-refractivity contribution in [3.8, 4) is 0 Å².